The summed E-state index contributed by atoms with van der Waals surface area (Å²) in [4.78, 5) is 16.3. The van der Waals surface area contributed by atoms with E-state index >= 15 is 0 Å². The molecule has 1 amide bonds. The number of phenols is 1. The van der Waals surface area contributed by atoms with Gasteiger partial charge in [-0.25, -0.2) is 0 Å². The molecule has 0 spiro atoms. The normalized spacial score (nSPS) is 22.6. The van der Waals surface area contributed by atoms with Crippen molar-refractivity contribution in [1.29, 1.82) is 0 Å². The number of rotatable bonds is 3. The first-order chi connectivity index (χ1) is 9.38. The molecular weight excluding hydrogens is 256 g/mol. The Morgan fingerprint density at radius 1 is 1.45 bits per heavy atom. The van der Waals surface area contributed by atoms with Crippen LogP contribution in [0.25, 0.3) is 0 Å². The molecule has 2 N–H and O–H groups in total. The number of aromatic hydroxyl groups is 1. The maximum Gasteiger partial charge on any atom is 0.254 e. The first-order valence-electron chi connectivity index (χ1n) is 6.82. The summed E-state index contributed by atoms with van der Waals surface area (Å²) in [5.74, 6) is 0.101. The van der Waals surface area contributed by atoms with Crippen LogP contribution in [0.4, 0.5) is 0 Å². The van der Waals surface area contributed by atoms with E-state index < -0.39 is 6.10 Å². The lowest BCUT2D eigenvalue weighted by Crippen LogP contribution is -2.41. The third-order valence-electron chi connectivity index (χ3n) is 3.67. The van der Waals surface area contributed by atoms with Gasteiger partial charge >= 0.3 is 0 Å². The molecule has 0 saturated carbocycles. The van der Waals surface area contributed by atoms with Gasteiger partial charge in [0.1, 0.15) is 5.75 Å². The lowest BCUT2D eigenvalue weighted by Gasteiger charge is -2.27. The molecule has 1 saturated heterocycles. The molecule has 2 unspecified atom stereocenters. The van der Waals surface area contributed by atoms with Crippen molar-refractivity contribution in [2.75, 3.05) is 27.2 Å². The Morgan fingerprint density at radius 2 is 2.15 bits per heavy atom. The summed E-state index contributed by atoms with van der Waals surface area (Å²) < 4.78 is 0. The lowest BCUT2D eigenvalue weighted by atomic mass is 10.1. The molecule has 1 aromatic rings. The second-order valence-electron chi connectivity index (χ2n) is 5.76. The third-order valence-corrected chi connectivity index (χ3v) is 3.67. The molecule has 0 aromatic heterocycles. The number of phenolic OH excluding ortho intramolecular Hbond substituents is 1. The summed E-state index contributed by atoms with van der Waals surface area (Å²) in [6.07, 6.45) is 0.156. The van der Waals surface area contributed by atoms with Gasteiger partial charge in [0.25, 0.3) is 5.91 Å². The molecule has 2 atom stereocenters. The number of aliphatic hydroxyl groups excluding tert-OH is 1. The van der Waals surface area contributed by atoms with Crippen LogP contribution in [0.2, 0.25) is 0 Å². The smallest absolute Gasteiger partial charge is 0.254 e. The van der Waals surface area contributed by atoms with E-state index in [1.54, 1.807) is 24.0 Å². The highest BCUT2D eigenvalue weighted by Crippen LogP contribution is 2.23. The Balaban J connectivity index is 2.19. The van der Waals surface area contributed by atoms with E-state index in [0.29, 0.717) is 24.1 Å². The second kappa shape index (κ2) is 5.81. The summed E-state index contributed by atoms with van der Waals surface area (Å²) in [6.45, 7) is 2.87. The van der Waals surface area contributed by atoms with Crippen LogP contribution in [0.1, 0.15) is 22.3 Å². The van der Waals surface area contributed by atoms with Crippen LogP contribution in [0.15, 0.2) is 18.2 Å². The minimum Gasteiger partial charge on any atom is -0.508 e. The highest BCUT2D eigenvalue weighted by Gasteiger charge is 2.34. The molecule has 1 aliphatic heterocycles. The van der Waals surface area contributed by atoms with Gasteiger partial charge in [-0.3, -0.25) is 4.79 Å². The zero-order valence-electron chi connectivity index (χ0n) is 12.2. The van der Waals surface area contributed by atoms with E-state index in [-0.39, 0.29) is 17.7 Å². The molecule has 0 radical (unpaired) electrons. The Bertz CT molecular complexity index is 502. The highest BCUT2D eigenvalue weighted by atomic mass is 16.3. The van der Waals surface area contributed by atoms with Crippen molar-refractivity contribution in [2.24, 2.45) is 0 Å². The SMILES string of the molecule is Cc1cc(C(=O)N2CC(O)CC2CN(C)C)ccc1O. The van der Waals surface area contributed by atoms with Crippen molar-refractivity contribution >= 4 is 5.91 Å². The predicted molar refractivity (Wildman–Crippen MR) is 76.8 cm³/mol. The van der Waals surface area contributed by atoms with E-state index in [2.05, 4.69) is 0 Å². The van der Waals surface area contributed by atoms with Crippen LogP contribution >= 0.6 is 0 Å². The average molecular weight is 278 g/mol. The zero-order chi connectivity index (χ0) is 14.9. The number of aryl methyl sites for hydroxylation is 1. The number of benzene rings is 1. The number of carbonyl (C=O) groups is 1. The molecule has 1 aliphatic rings. The number of likely N-dealkylation sites (N-methyl/N-ethyl adjacent to an activating group) is 1. The Labute approximate surface area is 119 Å². The van der Waals surface area contributed by atoms with Gasteiger partial charge in [0.05, 0.1) is 6.10 Å². The molecule has 20 heavy (non-hydrogen) atoms. The predicted octanol–water partition coefficient (Wildman–Crippen LogP) is 0.838. The number of hydrogen-bond donors (Lipinski definition) is 2. The maximum atomic E-state index is 12.6. The van der Waals surface area contributed by atoms with Crippen molar-refractivity contribution in [2.45, 2.75) is 25.5 Å². The monoisotopic (exact) mass is 278 g/mol. The summed E-state index contributed by atoms with van der Waals surface area (Å²) in [5.41, 5.74) is 1.23. The van der Waals surface area contributed by atoms with Gasteiger partial charge in [-0.05, 0) is 51.2 Å². The van der Waals surface area contributed by atoms with Gasteiger partial charge in [0.2, 0.25) is 0 Å². The molecule has 0 bridgehead atoms. The number of carbonyl (C=O) groups excluding carboxylic acids is 1. The Morgan fingerprint density at radius 3 is 2.75 bits per heavy atom. The van der Waals surface area contributed by atoms with Gasteiger partial charge in [0.15, 0.2) is 0 Å². The van der Waals surface area contributed by atoms with Crippen LogP contribution < -0.4 is 0 Å². The number of likely N-dealkylation sites (tertiary alicyclic amines) is 1. The summed E-state index contributed by atoms with van der Waals surface area (Å²) >= 11 is 0. The molecule has 0 aliphatic carbocycles. The van der Waals surface area contributed by atoms with Gasteiger partial charge < -0.3 is 20.0 Å². The van der Waals surface area contributed by atoms with Gasteiger partial charge in [-0.1, -0.05) is 0 Å². The molecule has 110 valence electrons. The van der Waals surface area contributed by atoms with E-state index in [4.69, 9.17) is 0 Å². The Kier molecular flexibility index (Phi) is 4.30. The lowest BCUT2D eigenvalue weighted by molar-refractivity contribution is 0.0699. The van der Waals surface area contributed by atoms with E-state index in [1.807, 2.05) is 19.0 Å². The third kappa shape index (κ3) is 3.11. The molecule has 1 heterocycles. The fraction of sp³-hybridized carbons (Fsp3) is 0.533. The van der Waals surface area contributed by atoms with Crippen LogP contribution in [0, 0.1) is 6.92 Å². The first kappa shape index (κ1) is 14.8. The quantitative estimate of drug-likeness (QED) is 0.860. The van der Waals surface area contributed by atoms with Crippen molar-refractivity contribution in [1.82, 2.24) is 9.80 Å². The van der Waals surface area contributed by atoms with Gasteiger partial charge in [0, 0.05) is 24.7 Å². The van der Waals surface area contributed by atoms with Crippen molar-refractivity contribution in [3.05, 3.63) is 29.3 Å². The van der Waals surface area contributed by atoms with Crippen LogP contribution in [0.5, 0.6) is 5.75 Å². The molecule has 1 fully saturated rings. The molecular formula is C15H22N2O3. The fourth-order valence-electron chi connectivity index (χ4n) is 2.69. The van der Waals surface area contributed by atoms with Crippen molar-refractivity contribution in [3.8, 4) is 5.75 Å². The number of hydrogen-bond acceptors (Lipinski definition) is 4. The van der Waals surface area contributed by atoms with Gasteiger partial charge in [-0.2, -0.15) is 0 Å². The van der Waals surface area contributed by atoms with E-state index in [9.17, 15) is 15.0 Å². The molecule has 1 aromatic carbocycles. The zero-order valence-corrected chi connectivity index (χ0v) is 12.2. The Hall–Kier alpha value is -1.59. The minimum absolute atomic E-state index is 0.0293. The number of amides is 1. The number of β-amino-alcohol motifs (C(OH)–C–C–N with tert-alkyl or cyclic N) is 1. The fourth-order valence-corrected chi connectivity index (χ4v) is 2.69. The van der Waals surface area contributed by atoms with E-state index in [0.717, 1.165) is 6.54 Å². The molecule has 2 rings (SSSR count). The minimum atomic E-state index is -0.456. The van der Waals surface area contributed by atoms with Gasteiger partial charge in [-0.15, -0.1) is 0 Å². The highest BCUT2D eigenvalue weighted by molar-refractivity contribution is 5.95. The van der Waals surface area contributed by atoms with Crippen molar-refractivity contribution in [3.63, 3.8) is 0 Å². The molecule has 5 nitrogen and oxygen atoms in total. The number of nitrogens with zero attached hydrogens (tertiary/aromatic N) is 2. The van der Waals surface area contributed by atoms with Crippen molar-refractivity contribution < 1.29 is 15.0 Å². The van der Waals surface area contributed by atoms with Crippen LogP contribution in [-0.4, -0.2) is 65.3 Å². The first-order valence-corrected chi connectivity index (χ1v) is 6.82. The summed E-state index contributed by atoms with van der Waals surface area (Å²) in [5, 5.41) is 19.4. The topological polar surface area (TPSA) is 64.0 Å². The summed E-state index contributed by atoms with van der Waals surface area (Å²) in [7, 11) is 3.91. The second-order valence-corrected chi connectivity index (χ2v) is 5.76. The molecule has 5 heteroatoms. The van der Waals surface area contributed by atoms with Crippen LogP contribution in [0.3, 0.4) is 0 Å². The maximum absolute atomic E-state index is 12.6. The largest absolute Gasteiger partial charge is 0.508 e. The number of aliphatic hydroxyl groups is 1. The summed E-state index contributed by atoms with van der Waals surface area (Å²) in [6, 6.07) is 4.88. The average Bonchev–Trinajstić information content (AvgIpc) is 2.72. The standard InChI is InChI=1S/C15H22N2O3/c1-10-6-11(4-5-14(10)19)15(20)17-9-13(18)7-12(17)8-16(2)3/h4-6,12-13,18-19H,7-9H2,1-3H3. The van der Waals surface area contributed by atoms with E-state index in [1.165, 1.54) is 6.07 Å². The van der Waals surface area contributed by atoms with Crippen LogP contribution in [-0.2, 0) is 0 Å².